The van der Waals surface area contributed by atoms with E-state index in [9.17, 15) is 25.1 Å². The zero-order valence-electron chi connectivity index (χ0n) is 10.7. The van der Waals surface area contributed by atoms with Gasteiger partial charge in [0.25, 0.3) is 5.69 Å². The number of hydrogen-bond acceptors (Lipinski definition) is 6. The van der Waals surface area contributed by atoms with Gasteiger partial charge < -0.3 is 15.9 Å². The van der Waals surface area contributed by atoms with Crippen LogP contribution in [-0.4, -0.2) is 36.9 Å². The van der Waals surface area contributed by atoms with Gasteiger partial charge in [0.1, 0.15) is 11.8 Å². The lowest BCUT2D eigenvalue weighted by molar-refractivity contribution is -0.384. The van der Waals surface area contributed by atoms with E-state index in [2.05, 4.69) is 5.10 Å². The van der Waals surface area contributed by atoms with Crippen LogP contribution in [0.15, 0.2) is 36.7 Å². The van der Waals surface area contributed by atoms with Crippen molar-refractivity contribution in [2.24, 2.45) is 5.73 Å². The van der Waals surface area contributed by atoms with Crippen LogP contribution >= 0.6 is 0 Å². The quantitative estimate of drug-likeness (QED) is 0.508. The van der Waals surface area contributed by atoms with Gasteiger partial charge in [-0.2, -0.15) is 5.10 Å². The first kappa shape index (κ1) is 14.6. The molecule has 1 amide bonds. The number of benzene rings is 1. The number of rotatable bonds is 5. The van der Waals surface area contributed by atoms with Crippen molar-refractivity contribution in [3.63, 3.8) is 0 Å². The third-order valence-corrected chi connectivity index (χ3v) is 2.86. The van der Waals surface area contributed by atoms with Gasteiger partial charge in [0, 0.05) is 17.8 Å². The Labute approximate surface area is 118 Å². The van der Waals surface area contributed by atoms with Gasteiger partial charge in [-0.25, -0.2) is 4.68 Å². The molecule has 0 saturated carbocycles. The summed E-state index contributed by atoms with van der Waals surface area (Å²) in [4.78, 5) is 21.2. The second kappa shape index (κ2) is 5.69. The molecule has 0 aliphatic heterocycles. The lowest BCUT2D eigenvalue weighted by Gasteiger charge is -2.12. The van der Waals surface area contributed by atoms with Gasteiger partial charge in [-0.3, -0.25) is 14.9 Å². The molecular weight excluding hydrogens is 280 g/mol. The molecule has 2 unspecified atom stereocenters. The van der Waals surface area contributed by atoms with Crippen LogP contribution in [0.25, 0.3) is 5.69 Å². The van der Waals surface area contributed by atoms with Gasteiger partial charge in [-0.1, -0.05) is 12.1 Å². The van der Waals surface area contributed by atoms with Crippen LogP contribution in [0.1, 0.15) is 11.7 Å². The zero-order valence-corrected chi connectivity index (χ0v) is 10.7. The van der Waals surface area contributed by atoms with Crippen molar-refractivity contribution >= 4 is 11.6 Å². The van der Waals surface area contributed by atoms with Crippen molar-refractivity contribution in [3.05, 3.63) is 52.3 Å². The highest BCUT2D eigenvalue weighted by Gasteiger charge is 2.25. The van der Waals surface area contributed by atoms with Gasteiger partial charge in [-0.15, -0.1) is 0 Å². The summed E-state index contributed by atoms with van der Waals surface area (Å²) in [7, 11) is 0. The fraction of sp³-hybridized carbons (Fsp3) is 0.167. The Hall–Kier alpha value is -2.78. The van der Waals surface area contributed by atoms with Crippen molar-refractivity contribution in [1.82, 2.24) is 9.78 Å². The first-order valence-electron chi connectivity index (χ1n) is 5.85. The van der Waals surface area contributed by atoms with E-state index in [1.54, 1.807) is 6.07 Å². The number of nitro groups is 1. The Kier molecular flexibility index (Phi) is 3.96. The summed E-state index contributed by atoms with van der Waals surface area (Å²) < 4.78 is 1.17. The van der Waals surface area contributed by atoms with E-state index >= 15 is 0 Å². The maximum Gasteiger partial charge on any atom is 0.294 e. The SMILES string of the molecule is NC(=O)C(O)C(O)c1cnn(-c2ccccc2[N+](=O)[O-])c1. The molecule has 0 aliphatic carbocycles. The summed E-state index contributed by atoms with van der Waals surface area (Å²) in [6, 6.07) is 5.90. The smallest absolute Gasteiger partial charge is 0.294 e. The third-order valence-electron chi connectivity index (χ3n) is 2.86. The second-order valence-electron chi connectivity index (χ2n) is 4.26. The highest BCUT2D eigenvalue weighted by molar-refractivity contribution is 5.79. The average Bonchev–Trinajstić information content (AvgIpc) is 2.95. The molecule has 1 aromatic carbocycles. The fourth-order valence-electron chi connectivity index (χ4n) is 1.77. The molecule has 0 saturated heterocycles. The normalized spacial score (nSPS) is 13.6. The number of nitro benzene ring substituents is 1. The van der Waals surface area contributed by atoms with E-state index in [0.717, 1.165) is 0 Å². The summed E-state index contributed by atoms with van der Waals surface area (Å²) in [5.74, 6) is -1.08. The van der Waals surface area contributed by atoms with Gasteiger partial charge in [0.05, 0.1) is 11.1 Å². The molecule has 110 valence electrons. The molecule has 4 N–H and O–H groups in total. The van der Waals surface area contributed by atoms with Crippen LogP contribution in [0.5, 0.6) is 0 Å². The lowest BCUT2D eigenvalue weighted by Crippen LogP contribution is -2.33. The Morgan fingerprint density at radius 2 is 2.05 bits per heavy atom. The molecule has 2 atom stereocenters. The van der Waals surface area contributed by atoms with Crippen LogP contribution in [0.3, 0.4) is 0 Å². The summed E-state index contributed by atoms with van der Waals surface area (Å²) >= 11 is 0. The Morgan fingerprint density at radius 1 is 1.38 bits per heavy atom. The molecule has 9 heteroatoms. The molecule has 0 radical (unpaired) electrons. The Morgan fingerprint density at radius 3 is 2.67 bits per heavy atom. The zero-order chi connectivity index (χ0) is 15.6. The maximum atomic E-state index is 10.9. The first-order valence-corrected chi connectivity index (χ1v) is 5.85. The predicted molar refractivity (Wildman–Crippen MR) is 70.4 cm³/mol. The van der Waals surface area contributed by atoms with Crippen molar-refractivity contribution in [2.45, 2.75) is 12.2 Å². The summed E-state index contributed by atoms with van der Waals surface area (Å²) in [5, 5.41) is 34.0. The largest absolute Gasteiger partial charge is 0.385 e. The van der Waals surface area contributed by atoms with Crippen LogP contribution in [0, 0.1) is 10.1 Å². The molecule has 21 heavy (non-hydrogen) atoms. The highest BCUT2D eigenvalue weighted by atomic mass is 16.6. The number of amides is 1. The Bertz CT molecular complexity index is 684. The monoisotopic (exact) mass is 292 g/mol. The van der Waals surface area contributed by atoms with Crippen LogP contribution in [-0.2, 0) is 4.79 Å². The first-order chi connectivity index (χ1) is 9.91. The molecule has 0 aliphatic rings. The second-order valence-corrected chi connectivity index (χ2v) is 4.26. The van der Waals surface area contributed by atoms with Crippen molar-refractivity contribution in [1.29, 1.82) is 0 Å². The van der Waals surface area contributed by atoms with Gasteiger partial charge in [-0.05, 0) is 6.07 Å². The molecular formula is C12H12N4O5. The number of hydrogen-bond donors (Lipinski definition) is 3. The standard InChI is InChI=1S/C12H12N4O5/c13-12(19)11(18)10(17)7-5-14-15(6-7)8-3-1-2-4-9(8)16(20)21/h1-6,10-11,17-18H,(H2,13,19). The molecule has 0 fully saturated rings. The fourth-order valence-corrected chi connectivity index (χ4v) is 1.77. The van der Waals surface area contributed by atoms with E-state index < -0.39 is 23.0 Å². The number of primary amides is 1. The lowest BCUT2D eigenvalue weighted by atomic mass is 10.1. The highest BCUT2D eigenvalue weighted by Crippen LogP contribution is 2.24. The topological polar surface area (TPSA) is 145 Å². The minimum absolute atomic E-state index is 0.111. The van der Waals surface area contributed by atoms with Crippen LogP contribution in [0.2, 0.25) is 0 Å². The van der Waals surface area contributed by atoms with E-state index in [4.69, 9.17) is 5.73 Å². The van der Waals surface area contributed by atoms with Crippen LogP contribution in [0.4, 0.5) is 5.69 Å². The number of nitrogens with two attached hydrogens (primary N) is 1. The molecule has 2 rings (SSSR count). The number of para-hydroxylation sites is 2. The summed E-state index contributed by atoms with van der Waals surface area (Å²) in [5.41, 5.74) is 5.02. The van der Waals surface area contributed by atoms with E-state index in [-0.39, 0.29) is 16.9 Å². The minimum atomic E-state index is -1.78. The molecule has 0 spiro atoms. The maximum absolute atomic E-state index is 10.9. The minimum Gasteiger partial charge on any atom is -0.385 e. The Balaban J connectivity index is 2.37. The molecule has 9 nitrogen and oxygen atoms in total. The van der Waals surface area contributed by atoms with Gasteiger partial charge in [0.2, 0.25) is 5.91 Å². The average molecular weight is 292 g/mol. The molecule has 0 bridgehead atoms. The van der Waals surface area contributed by atoms with Crippen molar-refractivity contribution in [2.75, 3.05) is 0 Å². The van der Waals surface area contributed by atoms with Gasteiger partial charge in [0.15, 0.2) is 6.10 Å². The number of carbonyl (C=O) groups is 1. The number of aromatic nitrogens is 2. The molecule has 1 aromatic heterocycles. The van der Waals surface area contributed by atoms with Crippen molar-refractivity contribution in [3.8, 4) is 5.69 Å². The number of aliphatic hydroxyl groups excluding tert-OH is 2. The predicted octanol–water partition coefficient (Wildman–Crippen LogP) is -0.340. The van der Waals surface area contributed by atoms with Crippen LogP contribution < -0.4 is 5.73 Å². The summed E-state index contributed by atoms with van der Waals surface area (Å²) in [6.45, 7) is 0. The number of carbonyl (C=O) groups excluding carboxylic acids is 1. The van der Waals surface area contributed by atoms with E-state index in [1.165, 1.54) is 35.3 Å². The van der Waals surface area contributed by atoms with E-state index in [0.29, 0.717) is 0 Å². The number of aliphatic hydroxyl groups is 2. The van der Waals surface area contributed by atoms with Gasteiger partial charge >= 0.3 is 0 Å². The molecule has 1 heterocycles. The van der Waals surface area contributed by atoms with Crippen molar-refractivity contribution < 1.29 is 19.9 Å². The molecule has 2 aromatic rings. The summed E-state index contributed by atoms with van der Waals surface area (Å²) in [6.07, 6.45) is -0.875. The van der Waals surface area contributed by atoms with E-state index in [1.807, 2.05) is 0 Å². The number of nitrogens with zero attached hydrogens (tertiary/aromatic N) is 3. The third kappa shape index (κ3) is 2.88.